The number of rotatable bonds is 5. The first-order chi connectivity index (χ1) is 13.2. The van der Waals surface area contributed by atoms with E-state index >= 15 is 0 Å². The summed E-state index contributed by atoms with van der Waals surface area (Å²) in [5, 5.41) is 12.4. The highest BCUT2D eigenvalue weighted by atomic mass is 16.2. The van der Waals surface area contributed by atoms with Gasteiger partial charge in [-0.15, -0.1) is 10.2 Å². The molecule has 8 nitrogen and oxygen atoms in total. The number of hydrogen-bond donors (Lipinski definition) is 0. The first kappa shape index (κ1) is 17.4. The molecule has 0 aliphatic carbocycles. The third-order valence-corrected chi connectivity index (χ3v) is 5.06. The monoisotopic (exact) mass is 365 g/mol. The number of nitrogens with zero attached hydrogens (tertiary/aromatic N) is 7. The minimum absolute atomic E-state index is 0.0318. The Kier molecular flexibility index (Phi) is 4.95. The predicted molar refractivity (Wildman–Crippen MR) is 99.7 cm³/mol. The van der Waals surface area contributed by atoms with Crippen molar-refractivity contribution in [3.8, 4) is 11.4 Å². The molecule has 1 saturated heterocycles. The quantitative estimate of drug-likeness (QED) is 0.690. The average Bonchev–Trinajstić information content (AvgIpc) is 3.38. The van der Waals surface area contributed by atoms with Crippen molar-refractivity contribution in [2.24, 2.45) is 0 Å². The molecule has 0 saturated carbocycles. The van der Waals surface area contributed by atoms with E-state index in [4.69, 9.17) is 0 Å². The van der Waals surface area contributed by atoms with Crippen LogP contribution in [0, 0.1) is 0 Å². The Morgan fingerprint density at radius 3 is 2.70 bits per heavy atom. The third kappa shape index (κ3) is 3.74. The number of aryl methyl sites for hydroxylation is 1. The van der Waals surface area contributed by atoms with Gasteiger partial charge in [0.05, 0.1) is 0 Å². The van der Waals surface area contributed by atoms with Crippen LogP contribution in [0.2, 0.25) is 0 Å². The second kappa shape index (κ2) is 7.69. The van der Waals surface area contributed by atoms with Gasteiger partial charge in [-0.1, -0.05) is 30.3 Å². The minimum atomic E-state index is 0.0318. The van der Waals surface area contributed by atoms with Gasteiger partial charge in [0, 0.05) is 43.5 Å². The number of hydrogen-bond acceptors (Lipinski definition) is 5. The van der Waals surface area contributed by atoms with E-state index in [-0.39, 0.29) is 12.5 Å². The summed E-state index contributed by atoms with van der Waals surface area (Å²) < 4.78 is 2.19. The van der Waals surface area contributed by atoms with Crippen LogP contribution in [0.1, 0.15) is 31.5 Å². The summed E-state index contributed by atoms with van der Waals surface area (Å²) >= 11 is 0. The molecule has 1 amide bonds. The van der Waals surface area contributed by atoms with E-state index in [1.54, 1.807) is 0 Å². The summed E-state index contributed by atoms with van der Waals surface area (Å²) in [5.41, 5.74) is 0.892. The topological polar surface area (TPSA) is 81.7 Å². The number of carbonyl (C=O) groups is 1. The van der Waals surface area contributed by atoms with Crippen molar-refractivity contribution in [2.75, 3.05) is 13.1 Å². The molecule has 27 heavy (non-hydrogen) atoms. The maximum absolute atomic E-state index is 12.6. The second-order valence-corrected chi connectivity index (χ2v) is 6.74. The highest BCUT2D eigenvalue weighted by molar-refractivity contribution is 5.75. The molecule has 8 heteroatoms. The van der Waals surface area contributed by atoms with Crippen LogP contribution < -0.4 is 0 Å². The summed E-state index contributed by atoms with van der Waals surface area (Å²) in [7, 11) is 0. The van der Waals surface area contributed by atoms with Gasteiger partial charge in [-0.25, -0.2) is 4.98 Å². The maximum atomic E-state index is 12.6. The zero-order valence-corrected chi connectivity index (χ0v) is 15.4. The number of aromatic nitrogens is 6. The first-order valence-corrected chi connectivity index (χ1v) is 9.36. The minimum Gasteiger partial charge on any atom is -0.341 e. The van der Waals surface area contributed by atoms with Crippen molar-refractivity contribution in [2.45, 2.75) is 38.8 Å². The summed E-state index contributed by atoms with van der Waals surface area (Å²) in [4.78, 5) is 20.4. The SMILES string of the molecule is CCn1ccnc1C1CCN(C(=O)Cn2nnc(-c3ccccc3)n2)CC1. The molecule has 1 fully saturated rings. The Bertz CT molecular complexity index is 894. The van der Waals surface area contributed by atoms with Gasteiger partial charge in [-0.05, 0) is 25.0 Å². The van der Waals surface area contributed by atoms with E-state index in [1.165, 1.54) is 4.80 Å². The van der Waals surface area contributed by atoms with Crippen molar-refractivity contribution in [1.82, 2.24) is 34.7 Å². The second-order valence-electron chi connectivity index (χ2n) is 6.74. The van der Waals surface area contributed by atoms with E-state index in [1.807, 2.05) is 47.6 Å². The van der Waals surface area contributed by atoms with Gasteiger partial charge in [0.25, 0.3) is 0 Å². The van der Waals surface area contributed by atoms with E-state index < -0.39 is 0 Å². The molecule has 0 spiro atoms. The van der Waals surface area contributed by atoms with E-state index in [9.17, 15) is 4.79 Å². The summed E-state index contributed by atoms with van der Waals surface area (Å²) in [6, 6.07) is 9.64. The fourth-order valence-electron chi connectivity index (χ4n) is 3.57. The van der Waals surface area contributed by atoms with Crippen molar-refractivity contribution in [3.63, 3.8) is 0 Å². The predicted octanol–water partition coefficient (Wildman–Crippen LogP) is 1.96. The van der Waals surface area contributed by atoms with Crippen LogP contribution >= 0.6 is 0 Å². The Morgan fingerprint density at radius 1 is 1.19 bits per heavy atom. The van der Waals surface area contributed by atoms with Gasteiger partial charge >= 0.3 is 0 Å². The standard InChI is InChI=1S/C19H23N7O/c1-2-24-13-10-20-19(24)16-8-11-25(12-9-16)17(27)14-26-22-18(21-23-26)15-6-4-3-5-7-15/h3-7,10,13,16H,2,8-9,11-12,14H2,1H3. The van der Waals surface area contributed by atoms with Crippen molar-refractivity contribution in [3.05, 3.63) is 48.5 Å². The normalized spacial score (nSPS) is 15.2. The first-order valence-electron chi connectivity index (χ1n) is 9.36. The molecule has 3 aromatic rings. The Labute approximate surface area is 157 Å². The smallest absolute Gasteiger partial charge is 0.246 e. The molecule has 2 aromatic heterocycles. The number of likely N-dealkylation sites (tertiary alicyclic amines) is 1. The molecule has 0 unspecified atom stereocenters. The van der Waals surface area contributed by atoms with Crippen LogP contribution in [0.5, 0.6) is 0 Å². The lowest BCUT2D eigenvalue weighted by molar-refractivity contribution is -0.133. The molecule has 3 heterocycles. The van der Waals surface area contributed by atoms with Gasteiger partial charge in [-0.3, -0.25) is 4.79 Å². The van der Waals surface area contributed by atoms with Gasteiger partial charge in [0.2, 0.25) is 11.7 Å². The molecule has 1 aliphatic rings. The van der Waals surface area contributed by atoms with Gasteiger partial charge < -0.3 is 9.47 Å². The van der Waals surface area contributed by atoms with E-state index in [2.05, 4.69) is 31.9 Å². The Morgan fingerprint density at radius 2 is 1.96 bits per heavy atom. The Hall–Kier alpha value is -3.03. The van der Waals surface area contributed by atoms with Gasteiger partial charge in [-0.2, -0.15) is 4.80 Å². The van der Waals surface area contributed by atoms with Gasteiger partial charge in [0.15, 0.2) is 0 Å². The van der Waals surface area contributed by atoms with E-state index in [0.29, 0.717) is 11.7 Å². The molecular formula is C19H23N7O. The fourth-order valence-corrected chi connectivity index (χ4v) is 3.57. The summed E-state index contributed by atoms with van der Waals surface area (Å²) in [6.07, 6.45) is 5.75. The molecular weight excluding hydrogens is 342 g/mol. The Balaban J connectivity index is 1.34. The van der Waals surface area contributed by atoms with E-state index in [0.717, 1.165) is 43.9 Å². The van der Waals surface area contributed by atoms with Crippen LogP contribution in [0.15, 0.2) is 42.7 Å². The maximum Gasteiger partial charge on any atom is 0.246 e. The van der Waals surface area contributed by atoms with Crippen LogP contribution in [0.25, 0.3) is 11.4 Å². The molecule has 140 valence electrons. The largest absolute Gasteiger partial charge is 0.341 e. The molecule has 0 radical (unpaired) electrons. The summed E-state index contributed by atoms with van der Waals surface area (Å²) in [6.45, 7) is 4.64. The molecule has 1 aromatic carbocycles. The van der Waals surface area contributed by atoms with Crippen LogP contribution in [0.4, 0.5) is 0 Å². The zero-order chi connectivity index (χ0) is 18.6. The fraction of sp³-hybridized carbons (Fsp3) is 0.421. The number of piperidine rings is 1. The third-order valence-electron chi connectivity index (χ3n) is 5.06. The summed E-state index contributed by atoms with van der Waals surface area (Å²) in [5.74, 6) is 2.12. The number of tetrazole rings is 1. The highest BCUT2D eigenvalue weighted by Gasteiger charge is 2.26. The highest BCUT2D eigenvalue weighted by Crippen LogP contribution is 2.27. The lowest BCUT2D eigenvalue weighted by atomic mass is 9.96. The lowest BCUT2D eigenvalue weighted by Crippen LogP contribution is -2.40. The number of carbonyl (C=O) groups excluding carboxylic acids is 1. The van der Waals surface area contributed by atoms with Crippen LogP contribution in [-0.2, 0) is 17.9 Å². The molecule has 0 bridgehead atoms. The lowest BCUT2D eigenvalue weighted by Gasteiger charge is -2.31. The van der Waals surface area contributed by atoms with Crippen molar-refractivity contribution < 1.29 is 4.79 Å². The van der Waals surface area contributed by atoms with Crippen LogP contribution in [0.3, 0.4) is 0 Å². The molecule has 1 aliphatic heterocycles. The number of amides is 1. The number of imidazole rings is 1. The van der Waals surface area contributed by atoms with Crippen molar-refractivity contribution in [1.29, 1.82) is 0 Å². The van der Waals surface area contributed by atoms with Crippen molar-refractivity contribution >= 4 is 5.91 Å². The molecule has 0 atom stereocenters. The van der Waals surface area contributed by atoms with Crippen LogP contribution in [-0.4, -0.2) is 53.7 Å². The van der Waals surface area contributed by atoms with Gasteiger partial charge in [0.1, 0.15) is 12.4 Å². The average molecular weight is 365 g/mol. The number of benzene rings is 1. The molecule has 4 rings (SSSR count). The molecule has 0 N–H and O–H groups in total. The zero-order valence-electron chi connectivity index (χ0n) is 15.4.